The first-order chi connectivity index (χ1) is 8.89. The van der Waals surface area contributed by atoms with E-state index in [0.29, 0.717) is 5.56 Å². The molecule has 1 fully saturated rings. The summed E-state index contributed by atoms with van der Waals surface area (Å²) in [6.45, 7) is 1.29. The molecule has 0 N–H and O–H groups in total. The molecule has 1 aromatic carbocycles. The van der Waals surface area contributed by atoms with E-state index in [9.17, 15) is 18.0 Å². The second-order valence-corrected chi connectivity index (χ2v) is 5.19. The van der Waals surface area contributed by atoms with E-state index < -0.39 is 11.7 Å². The molecule has 1 aliphatic rings. The lowest BCUT2D eigenvalue weighted by Crippen LogP contribution is -2.15. The van der Waals surface area contributed by atoms with Crippen molar-refractivity contribution >= 4 is 5.78 Å². The number of carbonyl (C=O) groups excluding carboxylic acids is 1. The minimum absolute atomic E-state index is 0.0219. The molecule has 0 amide bonds. The molecule has 2 rings (SSSR count). The van der Waals surface area contributed by atoms with Crippen molar-refractivity contribution in [3.05, 3.63) is 34.9 Å². The smallest absolute Gasteiger partial charge is 0.295 e. The number of alkyl halides is 3. The molecule has 104 valence electrons. The summed E-state index contributed by atoms with van der Waals surface area (Å²) in [5.41, 5.74) is -0.142. The van der Waals surface area contributed by atoms with Crippen LogP contribution in [0.25, 0.3) is 0 Å². The van der Waals surface area contributed by atoms with Crippen molar-refractivity contribution in [1.82, 2.24) is 0 Å². The van der Waals surface area contributed by atoms with Gasteiger partial charge in [0.25, 0.3) is 0 Å². The predicted molar refractivity (Wildman–Crippen MR) is 67.3 cm³/mol. The average Bonchev–Trinajstić information content (AvgIpc) is 2.38. The van der Waals surface area contributed by atoms with E-state index in [2.05, 4.69) is 0 Å². The van der Waals surface area contributed by atoms with Crippen molar-refractivity contribution in [3.63, 3.8) is 0 Å². The molecule has 0 aromatic heterocycles. The zero-order valence-corrected chi connectivity index (χ0v) is 10.9. The highest BCUT2D eigenvalue weighted by Crippen LogP contribution is 2.41. The number of ketones is 1. The Morgan fingerprint density at radius 3 is 2.32 bits per heavy atom. The van der Waals surface area contributed by atoms with Crippen molar-refractivity contribution in [2.45, 2.75) is 51.1 Å². The first kappa shape index (κ1) is 14.1. The summed E-state index contributed by atoms with van der Waals surface area (Å²) in [5, 5.41) is 0. The topological polar surface area (TPSA) is 17.1 Å². The number of Topliss-reactive ketones (excluding diaryl/α,β-unsaturated/α-hetero) is 1. The van der Waals surface area contributed by atoms with Gasteiger partial charge in [-0.2, -0.15) is 13.2 Å². The fourth-order valence-electron chi connectivity index (χ4n) is 2.79. The summed E-state index contributed by atoms with van der Waals surface area (Å²) in [5.74, 6) is -0.355. The second kappa shape index (κ2) is 5.35. The maximum absolute atomic E-state index is 13.1. The van der Waals surface area contributed by atoms with Crippen LogP contribution in [-0.4, -0.2) is 5.78 Å². The van der Waals surface area contributed by atoms with Crippen molar-refractivity contribution in [1.29, 1.82) is 0 Å². The number of hydrogen-bond acceptors (Lipinski definition) is 1. The van der Waals surface area contributed by atoms with Gasteiger partial charge in [-0.25, -0.2) is 0 Å². The van der Waals surface area contributed by atoms with Gasteiger partial charge in [-0.15, -0.1) is 0 Å². The van der Waals surface area contributed by atoms with Crippen molar-refractivity contribution in [2.24, 2.45) is 0 Å². The highest BCUT2D eigenvalue weighted by Gasteiger charge is 2.36. The second-order valence-electron chi connectivity index (χ2n) is 5.19. The molecule has 0 aliphatic heterocycles. The van der Waals surface area contributed by atoms with Crippen LogP contribution in [0.5, 0.6) is 0 Å². The Morgan fingerprint density at radius 2 is 1.79 bits per heavy atom. The fraction of sp³-hybridized carbons (Fsp3) is 0.533. The van der Waals surface area contributed by atoms with Crippen molar-refractivity contribution in [2.75, 3.05) is 0 Å². The van der Waals surface area contributed by atoms with Gasteiger partial charge in [-0.3, -0.25) is 4.79 Å². The van der Waals surface area contributed by atoms with Crippen LogP contribution in [0.3, 0.4) is 0 Å². The molecule has 1 aliphatic carbocycles. The summed E-state index contributed by atoms with van der Waals surface area (Å²) in [7, 11) is 0. The van der Waals surface area contributed by atoms with Gasteiger partial charge in [-0.1, -0.05) is 31.4 Å². The molecule has 4 heteroatoms. The first-order valence-electron chi connectivity index (χ1n) is 6.61. The minimum atomic E-state index is -4.39. The highest BCUT2D eigenvalue weighted by molar-refractivity contribution is 5.94. The molecule has 0 heterocycles. The lowest BCUT2D eigenvalue weighted by atomic mass is 9.81. The third kappa shape index (κ3) is 3.17. The lowest BCUT2D eigenvalue weighted by Gasteiger charge is -2.25. The van der Waals surface area contributed by atoms with Crippen LogP contribution >= 0.6 is 0 Å². The van der Waals surface area contributed by atoms with Crippen LogP contribution in [0.15, 0.2) is 18.2 Å². The van der Waals surface area contributed by atoms with Crippen LogP contribution in [0, 0.1) is 0 Å². The maximum Gasteiger partial charge on any atom is 0.416 e. The van der Waals surface area contributed by atoms with Gasteiger partial charge in [0.05, 0.1) is 5.56 Å². The Balaban J connectivity index is 2.44. The summed E-state index contributed by atoms with van der Waals surface area (Å²) in [4.78, 5) is 11.2. The van der Waals surface area contributed by atoms with Gasteiger partial charge < -0.3 is 0 Å². The monoisotopic (exact) mass is 270 g/mol. The van der Waals surface area contributed by atoms with Crippen molar-refractivity contribution in [3.8, 4) is 0 Å². The fourth-order valence-corrected chi connectivity index (χ4v) is 2.79. The molecular formula is C15H17F3O. The molecule has 19 heavy (non-hydrogen) atoms. The number of carbonyl (C=O) groups is 1. The van der Waals surface area contributed by atoms with Crippen molar-refractivity contribution < 1.29 is 18.0 Å². The van der Waals surface area contributed by atoms with Gasteiger partial charge in [-0.05, 0) is 37.3 Å². The molecule has 1 nitrogen and oxygen atoms in total. The minimum Gasteiger partial charge on any atom is -0.295 e. The number of hydrogen-bond donors (Lipinski definition) is 0. The Bertz CT molecular complexity index is 471. The largest absolute Gasteiger partial charge is 0.416 e. The average molecular weight is 270 g/mol. The summed E-state index contributed by atoms with van der Waals surface area (Å²) < 4.78 is 39.4. The zero-order valence-electron chi connectivity index (χ0n) is 10.9. The number of rotatable bonds is 2. The van der Waals surface area contributed by atoms with E-state index in [-0.39, 0.29) is 17.3 Å². The SMILES string of the molecule is CC(=O)c1ccc(C2CCCCC2)c(C(F)(F)F)c1. The quantitative estimate of drug-likeness (QED) is 0.694. The Labute approximate surface area is 110 Å². The molecule has 1 saturated carbocycles. The van der Waals surface area contributed by atoms with E-state index in [4.69, 9.17) is 0 Å². The summed E-state index contributed by atoms with van der Waals surface area (Å²) >= 11 is 0. The van der Waals surface area contributed by atoms with Crippen LogP contribution in [0.1, 0.15) is 66.4 Å². The Kier molecular flexibility index (Phi) is 3.97. The van der Waals surface area contributed by atoms with Gasteiger partial charge >= 0.3 is 6.18 Å². The highest BCUT2D eigenvalue weighted by atomic mass is 19.4. The molecular weight excluding hydrogens is 253 g/mol. The van der Waals surface area contributed by atoms with E-state index in [1.807, 2.05) is 0 Å². The molecule has 0 unspecified atom stereocenters. The molecule has 0 spiro atoms. The lowest BCUT2D eigenvalue weighted by molar-refractivity contribution is -0.138. The number of halogens is 3. The normalized spacial score (nSPS) is 17.5. The standard InChI is InChI=1S/C15H17F3O/c1-10(19)12-7-8-13(11-5-3-2-4-6-11)14(9-12)15(16,17)18/h7-9,11H,2-6H2,1H3. The van der Waals surface area contributed by atoms with Gasteiger partial charge in [0.1, 0.15) is 0 Å². The van der Waals surface area contributed by atoms with Crippen LogP contribution in [-0.2, 0) is 6.18 Å². The molecule has 0 radical (unpaired) electrons. The van der Waals surface area contributed by atoms with Crippen LogP contribution < -0.4 is 0 Å². The van der Waals surface area contributed by atoms with E-state index >= 15 is 0 Å². The Hall–Kier alpha value is -1.32. The molecule has 0 atom stereocenters. The first-order valence-corrected chi connectivity index (χ1v) is 6.61. The predicted octanol–water partition coefficient (Wildman–Crippen LogP) is 4.96. The van der Waals surface area contributed by atoms with Gasteiger partial charge in [0.2, 0.25) is 0 Å². The molecule has 1 aromatic rings. The third-order valence-electron chi connectivity index (χ3n) is 3.81. The van der Waals surface area contributed by atoms with Crippen LogP contribution in [0.2, 0.25) is 0 Å². The molecule has 0 bridgehead atoms. The number of benzene rings is 1. The maximum atomic E-state index is 13.1. The van der Waals surface area contributed by atoms with Crippen LogP contribution in [0.4, 0.5) is 13.2 Å². The van der Waals surface area contributed by atoms with E-state index in [1.54, 1.807) is 0 Å². The van der Waals surface area contributed by atoms with E-state index in [0.717, 1.165) is 38.2 Å². The Morgan fingerprint density at radius 1 is 1.16 bits per heavy atom. The van der Waals surface area contributed by atoms with Gasteiger partial charge in [0.15, 0.2) is 5.78 Å². The van der Waals surface area contributed by atoms with Gasteiger partial charge in [0, 0.05) is 5.56 Å². The summed E-state index contributed by atoms with van der Waals surface area (Å²) in [6.07, 6.45) is 0.291. The third-order valence-corrected chi connectivity index (χ3v) is 3.81. The summed E-state index contributed by atoms with van der Waals surface area (Å²) in [6, 6.07) is 4.02. The van der Waals surface area contributed by atoms with E-state index in [1.165, 1.54) is 19.1 Å². The molecule has 0 saturated heterocycles. The zero-order chi connectivity index (χ0) is 14.0.